The molecule has 0 aliphatic carbocycles. The van der Waals surface area contributed by atoms with Gasteiger partial charge in [-0.1, -0.05) is 48.9 Å². The first-order chi connectivity index (χ1) is 15.6. The number of fused-ring (bicyclic) bond motifs is 1. The van der Waals surface area contributed by atoms with Crippen molar-refractivity contribution in [3.63, 3.8) is 0 Å². The van der Waals surface area contributed by atoms with E-state index >= 15 is 0 Å². The summed E-state index contributed by atoms with van der Waals surface area (Å²) >= 11 is 6.19. The van der Waals surface area contributed by atoms with Crippen LogP contribution >= 0.6 is 11.6 Å². The van der Waals surface area contributed by atoms with Crippen molar-refractivity contribution in [3.05, 3.63) is 59.1 Å². The zero-order chi connectivity index (χ0) is 22.5. The Morgan fingerprint density at radius 1 is 1.09 bits per heavy atom. The average molecular weight is 456 g/mol. The lowest BCUT2D eigenvalue weighted by molar-refractivity contribution is -0.126. The average Bonchev–Trinajstić information content (AvgIpc) is 2.84. The predicted octanol–water partition coefficient (Wildman–Crippen LogP) is 4.51. The van der Waals surface area contributed by atoms with Crippen LogP contribution in [0.5, 0.6) is 5.75 Å². The fraction of sp³-hybridized carbons (Fsp3) is 0.440. The lowest BCUT2D eigenvalue weighted by Gasteiger charge is -2.39. The predicted molar refractivity (Wildman–Crippen MR) is 126 cm³/mol. The van der Waals surface area contributed by atoms with E-state index in [4.69, 9.17) is 16.3 Å². The van der Waals surface area contributed by atoms with Gasteiger partial charge >= 0.3 is 6.03 Å². The van der Waals surface area contributed by atoms with Crippen molar-refractivity contribution in [2.45, 2.75) is 38.7 Å². The summed E-state index contributed by atoms with van der Waals surface area (Å²) in [4.78, 5) is 29.6. The number of nitrogens with one attached hydrogen (secondary N) is 1. The Balaban J connectivity index is 1.29. The number of rotatable bonds is 5. The summed E-state index contributed by atoms with van der Waals surface area (Å²) in [5, 5.41) is 3.76. The van der Waals surface area contributed by atoms with E-state index in [1.165, 1.54) is 0 Å². The molecule has 0 bridgehead atoms. The topological polar surface area (TPSA) is 61.9 Å². The molecule has 2 aromatic rings. The molecule has 0 unspecified atom stereocenters. The Kier molecular flexibility index (Phi) is 7.20. The second kappa shape index (κ2) is 10.3. The van der Waals surface area contributed by atoms with Gasteiger partial charge in [0.15, 0.2) is 0 Å². The highest BCUT2D eigenvalue weighted by Crippen LogP contribution is 2.35. The van der Waals surface area contributed by atoms with E-state index in [2.05, 4.69) is 12.2 Å². The summed E-state index contributed by atoms with van der Waals surface area (Å²) in [6.45, 7) is 4.34. The molecule has 0 aromatic heterocycles. The van der Waals surface area contributed by atoms with Crippen LogP contribution in [0.4, 0.5) is 10.5 Å². The monoisotopic (exact) mass is 455 g/mol. The molecule has 7 heteroatoms. The molecule has 4 rings (SSSR count). The molecule has 2 aliphatic rings. The third-order valence-electron chi connectivity index (χ3n) is 6.31. The van der Waals surface area contributed by atoms with Gasteiger partial charge in [0.05, 0.1) is 12.2 Å². The van der Waals surface area contributed by atoms with Crippen LogP contribution in [0.1, 0.15) is 31.7 Å². The molecule has 32 heavy (non-hydrogen) atoms. The second-order valence-corrected chi connectivity index (χ2v) is 8.81. The SMILES string of the molecule is CC[C@H]1CN(C(=O)N2CCC(C(=O)NCCc3ccccc3Cl)CC2)c2ccccc2O1. The molecule has 6 nitrogen and oxygen atoms in total. The first-order valence-corrected chi connectivity index (χ1v) is 11.8. The molecular weight excluding hydrogens is 426 g/mol. The normalized spacial score (nSPS) is 18.6. The smallest absolute Gasteiger partial charge is 0.324 e. The number of amides is 3. The Hall–Kier alpha value is -2.73. The van der Waals surface area contributed by atoms with Gasteiger partial charge in [-0.05, 0) is 49.4 Å². The van der Waals surface area contributed by atoms with Crippen LogP contribution in [0.25, 0.3) is 0 Å². The maximum Gasteiger partial charge on any atom is 0.324 e. The van der Waals surface area contributed by atoms with Crippen molar-refractivity contribution in [1.29, 1.82) is 0 Å². The van der Waals surface area contributed by atoms with E-state index < -0.39 is 0 Å². The van der Waals surface area contributed by atoms with Crippen molar-refractivity contribution < 1.29 is 14.3 Å². The second-order valence-electron chi connectivity index (χ2n) is 8.40. The van der Waals surface area contributed by atoms with Crippen LogP contribution < -0.4 is 15.0 Å². The molecule has 0 radical (unpaired) electrons. The number of ether oxygens (including phenoxy) is 1. The summed E-state index contributed by atoms with van der Waals surface area (Å²) in [5.41, 5.74) is 1.85. The molecule has 2 aromatic carbocycles. The number of para-hydroxylation sites is 2. The molecule has 3 amide bonds. The summed E-state index contributed by atoms with van der Waals surface area (Å²) in [6, 6.07) is 15.4. The number of carbonyl (C=O) groups excluding carboxylic acids is 2. The number of anilines is 1. The van der Waals surface area contributed by atoms with E-state index in [1.807, 2.05) is 58.3 Å². The molecule has 2 aliphatic heterocycles. The van der Waals surface area contributed by atoms with Crippen molar-refractivity contribution >= 4 is 29.2 Å². The summed E-state index contributed by atoms with van der Waals surface area (Å²) in [5.74, 6) is 0.754. The van der Waals surface area contributed by atoms with Crippen LogP contribution in [0.3, 0.4) is 0 Å². The van der Waals surface area contributed by atoms with Crippen LogP contribution in [0.2, 0.25) is 5.02 Å². The van der Waals surface area contributed by atoms with Crippen molar-refractivity contribution in [3.8, 4) is 5.75 Å². The van der Waals surface area contributed by atoms with Crippen LogP contribution in [0, 0.1) is 5.92 Å². The number of urea groups is 1. The Bertz CT molecular complexity index is 959. The molecule has 1 N–H and O–H groups in total. The van der Waals surface area contributed by atoms with Gasteiger partial charge in [0.1, 0.15) is 11.9 Å². The minimum absolute atomic E-state index is 0.00298. The van der Waals surface area contributed by atoms with E-state index in [0.717, 1.165) is 28.4 Å². The van der Waals surface area contributed by atoms with Gasteiger partial charge in [-0.25, -0.2) is 4.79 Å². The van der Waals surface area contributed by atoms with Crippen molar-refractivity contribution in [1.82, 2.24) is 10.2 Å². The van der Waals surface area contributed by atoms with E-state index in [1.54, 1.807) is 0 Å². The van der Waals surface area contributed by atoms with E-state index in [0.29, 0.717) is 45.4 Å². The lowest BCUT2D eigenvalue weighted by Crippen LogP contribution is -2.52. The molecule has 2 heterocycles. The lowest BCUT2D eigenvalue weighted by atomic mass is 9.96. The molecule has 170 valence electrons. The number of hydrogen-bond acceptors (Lipinski definition) is 3. The van der Waals surface area contributed by atoms with Crippen LogP contribution in [-0.4, -0.2) is 49.1 Å². The number of nitrogens with zero attached hydrogens (tertiary/aromatic N) is 2. The van der Waals surface area contributed by atoms with Crippen LogP contribution in [0.15, 0.2) is 48.5 Å². The number of piperidine rings is 1. The minimum Gasteiger partial charge on any atom is -0.486 e. The molecule has 1 saturated heterocycles. The Labute approximate surface area is 194 Å². The highest BCUT2D eigenvalue weighted by Gasteiger charge is 2.34. The highest BCUT2D eigenvalue weighted by molar-refractivity contribution is 6.31. The Morgan fingerprint density at radius 3 is 2.56 bits per heavy atom. The maximum absolute atomic E-state index is 13.3. The van der Waals surface area contributed by atoms with E-state index in [9.17, 15) is 9.59 Å². The Morgan fingerprint density at radius 2 is 1.81 bits per heavy atom. The quantitative estimate of drug-likeness (QED) is 0.721. The zero-order valence-corrected chi connectivity index (χ0v) is 19.2. The fourth-order valence-electron chi connectivity index (χ4n) is 4.36. The minimum atomic E-state index is -0.0642. The summed E-state index contributed by atoms with van der Waals surface area (Å²) in [7, 11) is 0. The maximum atomic E-state index is 13.3. The molecule has 1 fully saturated rings. The summed E-state index contributed by atoms with van der Waals surface area (Å²) < 4.78 is 6.00. The standard InChI is InChI=1S/C25H30ClN3O3/c1-2-20-17-29(22-9-5-6-10-23(22)32-20)25(31)28-15-12-19(13-16-28)24(30)27-14-11-18-7-3-4-8-21(18)26/h3-10,19-20H,2,11-17H2,1H3,(H,27,30)/t20-/m0/s1. The van der Waals surface area contributed by atoms with Gasteiger partial charge in [-0.15, -0.1) is 0 Å². The third kappa shape index (κ3) is 5.01. The molecule has 1 atom stereocenters. The van der Waals surface area contributed by atoms with Crippen molar-refractivity contribution in [2.24, 2.45) is 5.92 Å². The van der Waals surface area contributed by atoms with Gasteiger partial charge in [-0.3, -0.25) is 9.69 Å². The van der Waals surface area contributed by atoms with Gasteiger partial charge in [0.25, 0.3) is 0 Å². The van der Waals surface area contributed by atoms with Crippen molar-refractivity contribution in [2.75, 3.05) is 31.1 Å². The number of likely N-dealkylation sites (tertiary alicyclic amines) is 1. The van der Waals surface area contributed by atoms with Gasteiger partial charge in [0.2, 0.25) is 5.91 Å². The number of hydrogen-bond donors (Lipinski definition) is 1. The number of carbonyl (C=O) groups is 2. The first kappa shape index (κ1) is 22.5. The highest BCUT2D eigenvalue weighted by atomic mass is 35.5. The largest absolute Gasteiger partial charge is 0.486 e. The third-order valence-corrected chi connectivity index (χ3v) is 6.68. The molecule has 0 saturated carbocycles. The molecule has 0 spiro atoms. The summed E-state index contributed by atoms with van der Waals surface area (Å²) in [6.07, 6.45) is 2.89. The van der Waals surface area contributed by atoms with E-state index in [-0.39, 0.29) is 24.0 Å². The zero-order valence-electron chi connectivity index (χ0n) is 18.4. The first-order valence-electron chi connectivity index (χ1n) is 11.4. The van der Waals surface area contributed by atoms with Crippen LogP contribution in [-0.2, 0) is 11.2 Å². The van der Waals surface area contributed by atoms with Gasteiger partial charge < -0.3 is 15.0 Å². The number of halogens is 1. The number of benzene rings is 2. The van der Waals surface area contributed by atoms with Gasteiger partial charge in [0, 0.05) is 30.6 Å². The molecular formula is C25H30ClN3O3. The van der Waals surface area contributed by atoms with Gasteiger partial charge in [-0.2, -0.15) is 0 Å². The fourth-order valence-corrected chi connectivity index (χ4v) is 4.59.